The molecule has 0 saturated heterocycles. The number of hydrogen-bond acceptors (Lipinski definition) is 6. The van der Waals surface area contributed by atoms with Gasteiger partial charge in [0.15, 0.2) is 0 Å². The second-order valence-electron chi connectivity index (χ2n) is 10.5. The van der Waals surface area contributed by atoms with Gasteiger partial charge in [0.1, 0.15) is 11.2 Å². The summed E-state index contributed by atoms with van der Waals surface area (Å²) >= 11 is 0. The van der Waals surface area contributed by atoms with Crippen molar-refractivity contribution in [2.24, 2.45) is 0 Å². The summed E-state index contributed by atoms with van der Waals surface area (Å²) in [5.41, 5.74) is -0.604. The summed E-state index contributed by atoms with van der Waals surface area (Å²) in [4.78, 5) is 13.4. The summed E-state index contributed by atoms with van der Waals surface area (Å²) < 4.78 is 22.3. The first-order chi connectivity index (χ1) is 15.4. The van der Waals surface area contributed by atoms with E-state index in [1.165, 1.54) is 25.7 Å². The highest BCUT2D eigenvalue weighted by Crippen LogP contribution is 2.17. The first kappa shape index (κ1) is 31.7. The molecule has 7 heteroatoms. The van der Waals surface area contributed by atoms with E-state index in [2.05, 4.69) is 32.7 Å². The number of carbonyl (C=O) groups excluding carboxylic acids is 1. The minimum absolute atomic E-state index is 0.138. The van der Waals surface area contributed by atoms with Crippen LogP contribution in [0.15, 0.2) is 12.3 Å². The summed E-state index contributed by atoms with van der Waals surface area (Å²) in [6.45, 7) is 20.5. The molecule has 0 aromatic heterocycles. The van der Waals surface area contributed by atoms with E-state index in [1.54, 1.807) is 11.9 Å². The standard InChI is InChI=1S/C26H52N2O5/c1-23(32-25(2,3)4)15-13-11-9-10-12-14-19-30-21-22-31-20-17-27-16-18-28(8)24(29)33-26(5,6)7/h27H,1,9-22H2,2-8H3. The highest BCUT2D eigenvalue weighted by atomic mass is 16.6. The van der Waals surface area contributed by atoms with E-state index in [-0.39, 0.29) is 11.7 Å². The summed E-state index contributed by atoms with van der Waals surface area (Å²) in [6, 6.07) is 0. The summed E-state index contributed by atoms with van der Waals surface area (Å²) in [7, 11) is 1.74. The molecule has 0 aliphatic carbocycles. The van der Waals surface area contributed by atoms with E-state index in [0.717, 1.165) is 38.2 Å². The molecule has 0 aromatic carbocycles. The van der Waals surface area contributed by atoms with Gasteiger partial charge in [-0.1, -0.05) is 32.3 Å². The zero-order chi connectivity index (χ0) is 25.2. The lowest BCUT2D eigenvalue weighted by atomic mass is 10.1. The SMILES string of the molecule is C=C(CCCCCCCCOCCOCCNCCN(C)C(=O)OC(C)(C)C)OC(C)(C)C. The Hall–Kier alpha value is -1.31. The highest BCUT2D eigenvalue weighted by molar-refractivity contribution is 5.67. The third-order valence-electron chi connectivity index (χ3n) is 4.57. The van der Waals surface area contributed by atoms with Gasteiger partial charge in [0, 0.05) is 39.7 Å². The number of rotatable bonds is 19. The minimum atomic E-state index is -0.466. The van der Waals surface area contributed by atoms with Crippen molar-refractivity contribution in [3.63, 3.8) is 0 Å². The molecule has 1 amide bonds. The van der Waals surface area contributed by atoms with Gasteiger partial charge in [0.05, 0.1) is 25.6 Å². The summed E-state index contributed by atoms with van der Waals surface area (Å²) in [6.07, 6.45) is 7.86. The molecule has 0 fully saturated rings. The van der Waals surface area contributed by atoms with Crippen LogP contribution >= 0.6 is 0 Å². The van der Waals surface area contributed by atoms with Gasteiger partial charge in [-0.2, -0.15) is 0 Å². The van der Waals surface area contributed by atoms with Crippen molar-refractivity contribution < 1.29 is 23.7 Å². The van der Waals surface area contributed by atoms with E-state index < -0.39 is 5.60 Å². The molecule has 33 heavy (non-hydrogen) atoms. The number of carbonyl (C=O) groups is 1. The predicted molar refractivity (Wildman–Crippen MR) is 136 cm³/mol. The number of nitrogens with one attached hydrogen (secondary N) is 1. The van der Waals surface area contributed by atoms with Crippen LogP contribution in [0, 0.1) is 0 Å². The first-order valence-corrected chi connectivity index (χ1v) is 12.6. The Bertz CT molecular complexity index is 512. The normalized spacial score (nSPS) is 12.0. The third kappa shape index (κ3) is 23.6. The number of allylic oxidation sites excluding steroid dienone is 1. The van der Waals surface area contributed by atoms with Crippen LogP contribution in [0.2, 0.25) is 0 Å². The monoisotopic (exact) mass is 472 g/mol. The third-order valence-corrected chi connectivity index (χ3v) is 4.57. The number of ether oxygens (including phenoxy) is 4. The maximum Gasteiger partial charge on any atom is 0.410 e. The zero-order valence-corrected chi connectivity index (χ0v) is 22.6. The van der Waals surface area contributed by atoms with Crippen molar-refractivity contribution in [1.29, 1.82) is 0 Å². The molecule has 0 heterocycles. The Balaban J connectivity index is 3.32. The van der Waals surface area contributed by atoms with Gasteiger partial charge in [0.25, 0.3) is 0 Å². The molecule has 0 aliphatic rings. The van der Waals surface area contributed by atoms with Gasteiger partial charge in [0.2, 0.25) is 0 Å². The van der Waals surface area contributed by atoms with Gasteiger partial charge in [-0.3, -0.25) is 0 Å². The van der Waals surface area contributed by atoms with Crippen LogP contribution in [0.1, 0.15) is 86.5 Å². The van der Waals surface area contributed by atoms with Crippen LogP contribution in [0.4, 0.5) is 4.79 Å². The van der Waals surface area contributed by atoms with Crippen molar-refractivity contribution in [2.45, 2.75) is 97.7 Å². The Kier molecular flexibility index (Phi) is 17.4. The molecular weight excluding hydrogens is 420 g/mol. The topological polar surface area (TPSA) is 69.3 Å². The fraction of sp³-hybridized carbons (Fsp3) is 0.885. The average molecular weight is 473 g/mol. The molecule has 0 bridgehead atoms. The van der Waals surface area contributed by atoms with Gasteiger partial charge >= 0.3 is 6.09 Å². The maximum atomic E-state index is 11.8. The molecule has 0 aliphatic heterocycles. The summed E-state index contributed by atoms with van der Waals surface area (Å²) in [5.74, 6) is 0.903. The van der Waals surface area contributed by atoms with Crippen molar-refractivity contribution >= 4 is 6.09 Å². The fourth-order valence-electron chi connectivity index (χ4n) is 2.99. The number of nitrogens with zero attached hydrogens (tertiary/aromatic N) is 1. The average Bonchev–Trinajstić information content (AvgIpc) is 2.67. The Labute approximate surface area is 203 Å². The second-order valence-corrected chi connectivity index (χ2v) is 10.5. The Morgan fingerprint density at radius 3 is 1.91 bits per heavy atom. The number of hydrogen-bond donors (Lipinski definition) is 1. The van der Waals surface area contributed by atoms with Gasteiger partial charge in [-0.05, 0) is 54.4 Å². The molecule has 0 atom stereocenters. The van der Waals surface area contributed by atoms with E-state index in [1.807, 2.05) is 20.8 Å². The maximum absolute atomic E-state index is 11.8. The predicted octanol–water partition coefficient (Wildman–Crippen LogP) is 5.54. The van der Waals surface area contributed by atoms with Crippen molar-refractivity contribution in [3.05, 3.63) is 12.3 Å². The molecular formula is C26H52N2O5. The van der Waals surface area contributed by atoms with Gasteiger partial charge < -0.3 is 29.2 Å². The van der Waals surface area contributed by atoms with E-state index in [4.69, 9.17) is 18.9 Å². The highest BCUT2D eigenvalue weighted by Gasteiger charge is 2.19. The van der Waals surface area contributed by atoms with Gasteiger partial charge in [-0.25, -0.2) is 4.79 Å². The zero-order valence-electron chi connectivity index (χ0n) is 22.6. The second kappa shape index (κ2) is 18.1. The largest absolute Gasteiger partial charge is 0.493 e. The van der Waals surface area contributed by atoms with Crippen LogP contribution in [-0.4, -0.2) is 75.3 Å². The molecule has 1 N–H and O–H groups in total. The molecule has 0 aromatic rings. The molecule has 0 radical (unpaired) electrons. The number of unbranched alkanes of at least 4 members (excludes halogenated alkanes) is 5. The lowest BCUT2D eigenvalue weighted by molar-refractivity contribution is 0.0297. The van der Waals surface area contributed by atoms with Crippen molar-refractivity contribution in [1.82, 2.24) is 10.2 Å². The van der Waals surface area contributed by atoms with E-state index in [9.17, 15) is 4.79 Å². The number of likely N-dealkylation sites (N-methyl/N-ethyl adjacent to an activating group) is 1. The van der Waals surface area contributed by atoms with Crippen LogP contribution in [0.5, 0.6) is 0 Å². The molecule has 196 valence electrons. The van der Waals surface area contributed by atoms with Gasteiger partial charge in [-0.15, -0.1) is 0 Å². The lowest BCUT2D eigenvalue weighted by Crippen LogP contribution is -2.38. The smallest absolute Gasteiger partial charge is 0.410 e. The molecule has 7 nitrogen and oxygen atoms in total. The Morgan fingerprint density at radius 1 is 0.758 bits per heavy atom. The molecule has 0 unspecified atom stereocenters. The molecule has 0 spiro atoms. The van der Waals surface area contributed by atoms with E-state index >= 15 is 0 Å². The minimum Gasteiger partial charge on any atom is -0.493 e. The number of amides is 1. The van der Waals surface area contributed by atoms with E-state index in [0.29, 0.717) is 32.9 Å². The van der Waals surface area contributed by atoms with Crippen LogP contribution in [-0.2, 0) is 18.9 Å². The lowest BCUT2D eigenvalue weighted by Gasteiger charge is -2.24. The Morgan fingerprint density at radius 2 is 1.30 bits per heavy atom. The fourth-order valence-corrected chi connectivity index (χ4v) is 2.99. The molecule has 0 rings (SSSR count). The molecule has 0 saturated carbocycles. The first-order valence-electron chi connectivity index (χ1n) is 12.6. The van der Waals surface area contributed by atoms with Crippen LogP contribution in [0.3, 0.4) is 0 Å². The quantitative estimate of drug-likeness (QED) is 0.197. The summed E-state index contributed by atoms with van der Waals surface area (Å²) in [5, 5.41) is 3.26. The van der Waals surface area contributed by atoms with Crippen molar-refractivity contribution in [2.75, 3.05) is 53.1 Å². The van der Waals surface area contributed by atoms with Crippen LogP contribution < -0.4 is 5.32 Å². The van der Waals surface area contributed by atoms with Crippen LogP contribution in [0.25, 0.3) is 0 Å². The van der Waals surface area contributed by atoms with Crippen molar-refractivity contribution in [3.8, 4) is 0 Å².